The van der Waals surface area contributed by atoms with Crippen molar-refractivity contribution in [1.29, 1.82) is 0 Å². The lowest BCUT2D eigenvalue weighted by molar-refractivity contribution is -0.384. The van der Waals surface area contributed by atoms with Gasteiger partial charge in [0.1, 0.15) is 0 Å². The number of nitro benzene ring substituents is 1. The molecule has 7 heteroatoms. The fourth-order valence-corrected chi connectivity index (χ4v) is 5.24. The number of nitrogens with zero attached hydrogens (tertiary/aromatic N) is 3. The van der Waals surface area contributed by atoms with Gasteiger partial charge < -0.3 is 4.90 Å². The number of hydrogen-bond donors (Lipinski definition) is 0. The number of non-ortho nitro benzene ring substituents is 1. The lowest BCUT2D eigenvalue weighted by Crippen LogP contribution is -2.45. The zero-order chi connectivity index (χ0) is 23.8. The lowest BCUT2D eigenvalue weighted by atomic mass is 9.80. The molecule has 170 valence electrons. The molecule has 33 heavy (non-hydrogen) atoms. The molecule has 0 bridgehead atoms. The van der Waals surface area contributed by atoms with Gasteiger partial charge in [0, 0.05) is 52.0 Å². The van der Waals surface area contributed by atoms with Gasteiger partial charge in [0.05, 0.1) is 15.6 Å². The van der Waals surface area contributed by atoms with Crippen LogP contribution in [0.1, 0.15) is 44.2 Å². The molecule has 0 fully saturated rings. The first-order valence-electron chi connectivity index (χ1n) is 10.8. The van der Waals surface area contributed by atoms with Crippen LogP contribution in [0.2, 0.25) is 5.02 Å². The molecule has 5 nitrogen and oxygen atoms in total. The monoisotopic (exact) mass is 479 g/mol. The van der Waals surface area contributed by atoms with Crippen LogP contribution in [0.5, 0.6) is 0 Å². The van der Waals surface area contributed by atoms with Gasteiger partial charge in [0.2, 0.25) is 0 Å². The van der Waals surface area contributed by atoms with Crippen LogP contribution >= 0.6 is 23.4 Å². The van der Waals surface area contributed by atoms with E-state index in [2.05, 4.69) is 49.8 Å². The Kier molecular flexibility index (Phi) is 6.50. The van der Waals surface area contributed by atoms with Crippen molar-refractivity contribution in [3.8, 4) is 0 Å². The molecule has 3 aromatic rings. The molecule has 0 amide bonds. The van der Waals surface area contributed by atoms with E-state index in [0.717, 1.165) is 27.5 Å². The maximum absolute atomic E-state index is 10.8. The summed E-state index contributed by atoms with van der Waals surface area (Å²) in [6.07, 6.45) is 2.91. The van der Waals surface area contributed by atoms with Crippen molar-refractivity contribution in [2.45, 2.75) is 48.4 Å². The summed E-state index contributed by atoms with van der Waals surface area (Å²) in [7, 11) is 2.13. The summed E-state index contributed by atoms with van der Waals surface area (Å²) in [5.41, 5.74) is 4.43. The lowest BCUT2D eigenvalue weighted by Gasteiger charge is -2.45. The quantitative estimate of drug-likeness (QED) is 0.212. The first-order valence-corrected chi connectivity index (χ1v) is 12.0. The highest BCUT2D eigenvalue weighted by atomic mass is 35.5. The van der Waals surface area contributed by atoms with E-state index in [1.54, 1.807) is 23.9 Å². The fraction of sp³-hybridized carbons (Fsp3) is 0.269. The summed E-state index contributed by atoms with van der Waals surface area (Å²) in [5, 5.41) is 11.5. The van der Waals surface area contributed by atoms with Crippen LogP contribution in [0.15, 0.2) is 75.4 Å². The molecule has 0 radical (unpaired) electrons. The first-order chi connectivity index (χ1) is 15.6. The van der Waals surface area contributed by atoms with Gasteiger partial charge in [-0.1, -0.05) is 30.3 Å². The van der Waals surface area contributed by atoms with Crippen LogP contribution in [0.3, 0.4) is 0 Å². The van der Waals surface area contributed by atoms with Gasteiger partial charge >= 0.3 is 0 Å². The van der Waals surface area contributed by atoms with E-state index in [-0.39, 0.29) is 11.2 Å². The minimum atomic E-state index is -0.393. The fourth-order valence-electron chi connectivity index (χ4n) is 4.22. The van der Waals surface area contributed by atoms with Gasteiger partial charge in [-0.3, -0.25) is 15.1 Å². The van der Waals surface area contributed by atoms with Crippen LogP contribution < -0.4 is 4.90 Å². The van der Waals surface area contributed by atoms with Crippen LogP contribution in [-0.4, -0.2) is 23.7 Å². The van der Waals surface area contributed by atoms with Crippen molar-refractivity contribution in [1.82, 2.24) is 0 Å². The summed E-state index contributed by atoms with van der Waals surface area (Å²) < 4.78 is 0. The summed E-state index contributed by atoms with van der Waals surface area (Å²) in [4.78, 5) is 19.3. The predicted molar refractivity (Wildman–Crippen MR) is 138 cm³/mol. The van der Waals surface area contributed by atoms with Crippen molar-refractivity contribution in [3.05, 3.63) is 86.9 Å². The molecular weight excluding hydrogens is 454 g/mol. The van der Waals surface area contributed by atoms with Gasteiger partial charge in [0.15, 0.2) is 0 Å². The Bertz CT molecular complexity index is 1210. The highest BCUT2D eigenvalue weighted by Gasteiger charge is 2.34. The van der Waals surface area contributed by atoms with Crippen LogP contribution in [0, 0.1) is 10.1 Å². The minimum Gasteiger partial charge on any atom is -0.369 e. The van der Waals surface area contributed by atoms with Crippen molar-refractivity contribution >= 4 is 46.6 Å². The van der Waals surface area contributed by atoms with E-state index in [9.17, 15) is 10.1 Å². The molecule has 0 spiro atoms. The maximum atomic E-state index is 10.8. The molecule has 0 aromatic heterocycles. The SMILES string of the molecule is CC1CC(C)(C)N(C)c2cc(Cl)c(C=Nc3ccc(Sc4ccc([N+](=O)[O-])cc4)cc3)cc21. The summed E-state index contributed by atoms with van der Waals surface area (Å²) >= 11 is 8.17. The van der Waals surface area contributed by atoms with E-state index in [1.807, 2.05) is 30.5 Å². The standard InChI is InChI=1S/C26H26ClN3O2S/c1-17-15-26(2,3)29(4)25-14-24(27)18(13-23(17)25)16-28-19-5-9-21(10-6-19)33-22-11-7-20(8-12-22)30(31)32/h5-14,16-17H,15H2,1-4H3. The van der Waals surface area contributed by atoms with Crippen molar-refractivity contribution < 1.29 is 4.92 Å². The maximum Gasteiger partial charge on any atom is 0.269 e. The highest BCUT2D eigenvalue weighted by molar-refractivity contribution is 7.99. The van der Waals surface area contributed by atoms with E-state index in [4.69, 9.17) is 11.6 Å². The summed E-state index contributed by atoms with van der Waals surface area (Å²) in [5.74, 6) is 0.450. The topological polar surface area (TPSA) is 58.7 Å². The third-order valence-corrected chi connectivity index (χ3v) is 7.57. The second kappa shape index (κ2) is 9.20. The van der Waals surface area contributed by atoms with Crippen LogP contribution in [-0.2, 0) is 0 Å². The second-order valence-corrected chi connectivity index (χ2v) is 10.6. The number of halogens is 1. The molecule has 0 saturated heterocycles. The Hall–Kier alpha value is -2.83. The van der Waals surface area contributed by atoms with E-state index >= 15 is 0 Å². The number of aliphatic imine (C=N–C) groups is 1. The molecule has 1 atom stereocenters. The normalized spacial score (nSPS) is 17.2. The average molecular weight is 480 g/mol. The second-order valence-electron chi connectivity index (χ2n) is 9.01. The van der Waals surface area contributed by atoms with Gasteiger partial charge in [0.25, 0.3) is 5.69 Å². The summed E-state index contributed by atoms with van der Waals surface area (Å²) in [6, 6.07) is 18.7. The third kappa shape index (κ3) is 5.07. The summed E-state index contributed by atoms with van der Waals surface area (Å²) in [6.45, 7) is 6.79. The number of fused-ring (bicyclic) bond motifs is 1. The number of hydrogen-bond acceptors (Lipinski definition) is 5. The Morgan fingerprint density at radius 3 is 2.33 bits per heavy atom. The van der Waals surface area contributed by atoms with Crippen molar-refractivity contribution in [2.24, 2.45) is 4.99 Å². The zero-order valence-electron chi connectivity index (χ0n) is 19.1. The smallest absolute Gasteiger partial charge is 0.269 e. The van der Waals surface area contributed by atoms with Gasteiger partial charge in [-0.05, 0) is 80.3 Å². The molecule has 3 aromatic carbocycles. The molecule has 1 heterocycles. The minimum absolute atomic E-state index is 0.0922. The Morgan fingerprint density at radius 1 is 1.12 bits per heavy atom. The van der Waals surface area contributed by atoms with E-state index in [0.29, 0.717) is 10.9 Å². The number of nitro groups is 1. The van der Waals surface area contributed by atoms with E-state index in [1.165, 1.54) is 23.4 Å². The average Bonchev–Trinajstić information content (AvgIpc) is 2.77. The predicted octanol–water partition coefficient (Wildman–Crippen LogP) is 7.87. The van der Waals surface area contributed by atoms with Crippen LogP contribution in [0.25, 0.3) is 0 Å². The molecule has 1 aliphatic rings. The largest absolute Gasteiger partial charge is 0.369 e. The molecule has 4 rings (SSSR count). The van der Waals surface area contributed by atoms with Crippen molar-refractivity contribution in [2.75, 3.05) is 11.9 Å². The number of rotatable bonds is 5. The third-order valence-electron chi connectivity index (χ3n) is 6.22. The van der Waals surface area contributed by atoms with Gasteiger partial charge in [-0.15, -0.1) is 0 Å². The Labute approximate surface area is 203 Å². The zero-order valence-corrected chi connectivity index (χ0v) is 20.7. The molecular formula is C26H26ClN3O2S. The Balaban J connectivity index is 1.49. The van der Waals surface area contributed by atoms with Crippen molar-refractivity contribution in [3.63, 3.8) is 0 Å². The molecule has 0 aliphatic carbocycles. The molecule has 1 aliphatic heterocycles. The number of benzene rings is 3. The highest BCUT2D eigenvalue weighted by Crippen LogP contribution is 2.44. The first kappa shape index (κ1) is 23.3. The van der Waals surface area contributed by atoms with Gasteiger partial charge in [-0.25, -0.2) is 0 Å². The van der Waals surface area contributed by atoms with Crippen LogP contribution in [0.4, 0.5) is 17.1 Å². The molecule has 1 unspecified atom stereocenters. The number of anilines is 1. The molecule has 0 saturated carbocycles. The van der Waals surface area contributed by atoms with Gasteiger partial charge in [-0.2, -0.15) is 0 Å². The Morgan fingerprint density at radius 2 is 1.73 bits per heavy atom. The molecule has 0 N–H and O–H groups in total. The van der Waals surface area contributed by atoms with E-state index < -0.39 is 4.92 Å².